The lowest BCUT2D eigenvalue weighted by molar-refractivity contribution is 0.0976. The number of nitrogen functional groups attached to an aromatic ring is 1. The van der Waals surface area contributed by atoms with Crippen LogP contribution in [0.4, 0.5) is 5.69 Å². The molecule has 0 saturated carbocycles. The molecule has 3 heteroatoms. The zero-order chi connectivity index (χ0) is 15.3. The molecule has 0 unspecified atom stereocenters. The van der Waals surface area contributed by atoms with Crippen molar-refractivity contribution in [2.45, 2.75) is 65.2 Å². The Bertz CT molecular complexity index is 473. The summed E-state index contributed by atoms with van der Waals surface area (Å²) in [5.41, 5.74) is 7.36. The van der Waals surface area contributed by atoms with Crippen LogP contribution >= 0.6 is 0 Å². The number of unbranched alkanes of at least 4 members (excludes halogenated alkanes) is 3. The molecular weight excluding hydrogens is 250 g/mol. The Morgan fingerprint density at radius 2 is 1.85 bits per heavy atom. The number of phenols is 1. The molecular formula is C17H27NO2. The van der Waals surface area contributed by atoms with Crippen molar-refractivity contribution in [2.75, 3.05) is 5.73 Å². The third-order valence-electron chi connectivity index (χ3n) is 3.56. The van der Waals surface area contributed by atoms with Crippen LogP contribution in [0.2, 0.25) is 0 Å². The normalized spacial score (nSPS) is 11.6. The summed E-state index contributed by atoms with van der Waals surface area (Å²) >= 11 is 0. The average molecular weight is 277 g/mol. The Labute approximate surface area is 122 Å². The minimum atomic E-state index is -0.0982. The molecule has 0 amide bonds. The predicted octanol–water partition coefficient (Wildman–Crippen LogP) is 4.43. The highest BCUT2D eigenvalue weighted by molar-refractivity contribution is 6.00. The maximum Gasteiger partial charge on any atom is 0.166 e. The van der Waals surface area contributed by atoms with Crippen LogP contribution in [0.3, 0.4) is 0 Å². The van der Waals surface area contributed by atoms with E-state index < -0.39 is 0 Å². The molecule has 0 aliphatic rings. The fraction of sp³-hybridized carbons (Fsp3) is 0.588. The van der Waals surface area contributed by atoms with Crippen LogP contribution in [0.15, 0.2) is 12.1 Å². The average Bonchev–Trinajstić information content (AvgIpc) is 2.36. The van der Waals surface area contributed by atoms with Crippen molar-refractivity contribution in [1.82, 2.24) is 0 Å². The van der Waals surface area contributed by atoms with Gasteiger partial charge in [-0.2, -0.15) is 0 Å². The van der Waals surface area contributed by atoms with Crippen LogP contribution in [-0.4, -0.2) is 10.9 Å². The Kier molecular flexibility index (Phi) is 5.61. The highest BCUT2D eigenvalue weighted by Gasteiger charge is 2.20. The fourth-order valence-corrected chi connectivity index (χ4v) is 2.15. The second-order valence-corrected chi connectivity index (χ2v) is 6.45. The molecule has 1 aromatic rings. The van der Waals surface area contributed by atoms with Gasteiger partial charge in [-0.15, -0.1) is 0 Å². The van der Waals surface area contributed by atoms with Crippen molar-refractivity contribution in [3.8, 4) is 5.75 Å². The van der Waals surface area contributed by atoms with E-state index in [1.165, 1.54) is 0 Å². The van der Waals surface area contributed by atoms with Crippen LogP contribution in [0, 0.1) is 0 Å². The van der Waals surface area contributed by atoms with Crippen LogP contribution < -0.4 is 5.73 Å². The Balaban J connectivity index is 2.93. The summed E-state index contributed by atoms with van der Waals surface area (Å²) in [5.74, 6) is -0.0881. The van der Waals surface area contributed by atoms with E-state index in [-0.39, 0.29) is 22.6 Å². The van der Waals surface area contributed by atoms with Gasteiger partial charge in [0.2, 0.25) is 0 Å². The molecule has 0 atom stereocenters. The number of anilines is 1. The van der Waals surface area contributed by atoms with Gasteiger partial charge in [0.05, 0.1) is 11.3 Å². The lowest BCUT2D eigenvalue weighted by atomic mass is 9.84. The number of hydrogen-bond donors (Lipinski definition) is 2. The standard InChI is InChI=1S/C17H27NO2/c1-5-6-7-8-9-15(19)13-10-12(17(2,3)4)11-14(18)16(13)20/h10-11,20H,5-9,18H2,1-4H3. The monoisotopic (exact) mass is 277 g/mol. The van der Waals surface area contributed by atoms with E-state index in [0.717, 1.165) is 31.2 Å². The molecule has 20 heavy (non-hydrogen) atoms. The lowest BCUT2D eigenvalue weighted by Crippen LogP contribution is -2.13. The number of phenolic OH excluding ortho intramolecular Hbond substituents is 1. The molecule has 0 aliphatic heterocycles. The van der Waals surface area contributed by atoms with Crippen molar-refractivity contribution in [1.29, 1.82) is 0 Å². The molecule has 1 aromatic carbocycles. The first-order chi connectivity index (χ1) is 9.27. The molecule has 0 radical (unpaired) electrons. The minimum absolute atomic E-state index is 0.0172. The molecule has 0 aromatic heterocycles. The molecule has 0 spiro atoms. The molecule has 3 nitrogen and oxygen atoms in total. The van der Waals surface area contributed by atoms with Crippen molar-refractivity contribution >= 4 is 11.5 Å². The van der Waals surface area contributed by atoms with Gasteiger partial charge in [-0.3, -0.25) is 4.79 Å². The first-order valence-electron chi connectivity index (χ1n) is 7.43. The molecule has 0 aliphatic carbocycles. The third-order valence-corrected chi connectivity index (χ3v) is 3.56. The van der Waals surface area contributed by atoms with Gasteiger partial charge in [-0.1, -0.05) is 47.0 Å². The summed E-state index contributed by atoms with van der Waals surface area (Å²) in [5, 5.41) is 10.0. The highest BCUT2D eigenvalue weighted by Crippen LogP contribution is 2.33. The topological polar surface area (TPSA) is 63.3 Å². The third kappa shape index (κ3) is 4.26. The second kappa shape index (κ2) is 6.78. The molecule has 112 valence electrons. The lowest BCUT2D eigenvalue weighted by Gasteiger charge is -2.21. The Morgan fingerprint density at radius 1 is 1.20 bits per heavy atom. The van der Waals surface area contributed by atoms with E-state index in [2.05, 4.69) is 27.7 Å². The summed E-state index contributed by atoms with van der Waals surface area (Å²) in [7, 11) is 0. The van der Waals surface area contributed by atoms with E-state index >= 15 is 0 Å². The van der Waals surface area contributed by atoms with E-state index in [4.69, 9.17) is 5.73 Å². The number of ketones is 1. The van der Waals surface area contributed by atoms with Crippen molar-refractivity contribution < 1.29 is 9.90 Å². The van der Waals surface area contributed by atoms with Crippen molar-refractivity contribution in [3.63, 3.8) is 0 Å². The first-order valence-corrected chi connectivity index (χ1v) is 7.43. The zero-order valence-electron chi connectivity index (χ0n) is 13.1. The maximum atomic E-state index is 12.2. The van der Waals surface area contributed by atoms with Gasteiger partial charge in [-0.25, -0.2) is 0 Å². The Morgan fingerprint density at radius 3 is 2.40 bits per heavy atom. The van der Waals surface area contributed by atoms with Crippen molar-refractivity contribution in [2.24, 2.45) is 0 Å². The van der Waals surface area contributed by atoms with Gasteiger partial charge in [0.1, 0.15) is 5.75 Å². The Hall–Kier alpha value is -1.51. The van der Waals surface area contributed by atoms with Gasteiger partial charge >= 0.3 is 0 Å². The predicted molar refractivity (Wildman–Crippen MR) is 84.3 cm³/mol. The van der Waals surface area contributed by atoms with Crippen LogP contribution in [0.5, 0.6) is 5.75 Å². The fourth-order valence-electron chi connectivity index (χ4n) is 2.15. The molecule has 0 bridgehead atoms. The number of Topliss-reactive ketones (excluding diaryl/α,β-unsaturated/α-hetero) is 1. The summed E-state index contributed by atoms with van der Waals surface area (Å²) in [6.07, 6.45) is 4.68. The number of carbonyl (C=O) groups excluding carboxylic acids is 1. The number of aromatic hydroxyl groups is 1. The number of carbonyl (C=O) groups is 1. The summed E-state index contributed by atoms with van der Waals surface area (Å²) < 4.78 is 0. The molecule has 0 saturated heterocycles. The van der Waals surface area contributed by atoms with Crippen LogP contribution in [-0.2, 0) is 5.41 Å². The minimum Gasteiger partial charge on any atom is -0.505 e. The number of nitrogens with two attached hydrogens (primary N) is 1. The molecule has 0 heterocycles. The van der Waals surface area contributed by atoms with Crippen LogP contribution in [0.25, 0.3) is 0 Å². The first kappa shape index (κ1) is 16.5. The van der Waals surface area contributed by atoms with Gasteiger partial charge in [-0.05, 0) is 29.5 Å². The van der Waals surface area contributed by atoms with E-state index in [1.54, 1.807) is 12.1 Å². The smallest absolute Gasteiger partial charge is 0.166 e. The molecule has 3 N–H and O–H groups in total. The van der Waals surface area contributed by atoms with E-state index in [1.807, 2.05) is 0 Å². The maximum absolute atomic E-state index is 12.2. The van der Waals surface area contributed by atoms with Crippen LogP contribution in [0.1, 0.15) is 75.7 Å². The zero-order valence-corrected chi connectivity index (χ0v) is 13.1. The summed E-state index contributed by atoms with van der Waals surface area (Å²) in [6.45, 7) is 8.33. The van der Waals surface area contributed by atoms with Crippen molar-refractivity contribution in [3.05, 3.63) is 23.3 Å². The van der Waals surface area contributed by atoms with Gasteiger partial charge in [0, 0.05) is 6.42 Å². The second-order valence-electron chi connectivity index (χ2n) is 6.45. The largest absolute Gasteiger partial charge is 0.505 e. The van der Waals surface area contributed by atoms with E-state index in [9.17, 15) is 9.90 Å². The van der Waals surface area contributed by atoms with Gasteiger partial charge < -0.3 is 10.8 Å². The summed E-state index contributed by atoms with van der Waals surface area (Å²) in [6, 6.07) is 3.54. The molecule has 1 rings (SSSR count). The molecule has 0 fully saturated rings. The number of hydrogen-bond acceptors (Lipinski definition) is 3. The summed E-state index contributed by atoms with van der Waals surface area (Å²) in [4.78, 5) is 12.2. The van der Waals surface area contributed by atoms with Gasteiger partial charge in [0.15, 0.2) is 5.78 Å². The number of benzene rings is 1. The quantitative estimate of drug-likeness (QED) is 0.350. The SMILES string of the molecule is CCCCCCC(=O)c1cc(C(C)(C)C)cc(N)c1O. The van der Waals surface area contributed by atoms with E-state index in [0.29, 0.717) is 12.0 Å². The van der Waals surface area contributed by atoms with Gasteiger partial charge in [0.25, 0.3) is 0 Å². The highest BCUT2D eigenvalue weighted by atomic mass is 16.3. The number of rotatable bonds is 6.